The molecule has 37 heteroatoms. The van der Waals surface area contributed by atoms with Crippen molar-refractivity contribution in [1.82, 2.24) is 60.5 Å². The molecule has 139 heavy (non-hydrogen) atoms. The molecule has 0 aliphatic carbocycles. The summed E-state index contributed by atoms with van der Waals surface area (Å²) in [5, 5.41) is 70.2. The zero-order chi connectivity index (χ0) is 99.5. The molecule has 0 radical (unpaired) electrons. The van der Waals surface area contributed by atoms with Gasteiger partial charge in [-0.25, -0.2) is 24.5 Å². The molecule has 7 aromatic carbocycles. The number of nitriles is 3. The quantitative estimate of drug-likeness (QED) is 0.00892. The number of fused-ring (bicyclic) bond motifs is 5. The average Bonchev–Trinajstić information content (AvgIpc) is 0.824. The number of carbonyl (C=O) groups is 7. The first-order valence-corrected chi connectivity index (χ1v) is 43.1. The van der Waals surface area contributed by atoms with Crippen molar-refractivity contribution in [2.24, 2.45) is 0 Å². The minimum absolute atomic E-state index is 0.0338. The number of nitrogens with one attached hydrogen (secondary N) is 7. The van der Waals surface area contributed by atoms with E-state index in [0.717, 1.165) is 32.6 Å². The summed E-state index contributed by atoms with van der Waals surface area (Å²) in [5.74, 6) is -0.716. The van der Waals surface area contributed by atoms with Crippen LogP contribution in [0.1, 0.15) is 85.0 Å². The Morgan fingerprint density at radius 3 is 1.20 bits per heavy atom. The van der Waals surface area contributed by atoms with Crippen LogP contribution in [0.3, 0.4) is 0 Å². The topological polar surface area (TPSA) is 509 Å². The molecule has 7 amide bonds. The van der Waals surface area contributed by atoms with Crippen LogP contribution in [0, 0.1) is 40.9 Å². The molecule has 702 valence electrons. The first-order valence-electron chi connectivity index (χ1n) is 42.3. The number of amides is 7. The summed E-state index contributed by atoms with van der Waals surface area (Å²) in [5.41, 5.74) is 6.96. The number of benzene rings is 7. The van der Waals surface area contributed by atoms with Crippen LogP contribution in [0.15, 0.2) is 271 Å². The van der Waals surface area contributed by atoms with Gasteiger partial charge in [-0.05, 0) is 191 Å². The number of hydrogen-bond acceptors (Lipinski definition) is 29. The smallest absolute Gasteiger partial charge is 0.407 e. The molecule has 0 spiro atoms. The van der Waals surface area contributed by atoms with Gasteiger partial charge in [0.1, 0.15) is 86.8 Å². The predicted molar refractivity (Wildman–Crippen MR) is 527 cm³/mol. The Hall–Kier alpha value is -18.4. The highest BCUT2D eigenvalue weighted by molar-refractivity contribution is 9.10. The van der Waals surface area contributed by atoms with E-state index >= 15 is 0 Å². The molecule has 0 unspecified atom stereocenters. The summed E-state index contributed by atoms with van der Waals surface area (Å²) in [7, 11) is 4.49. The van der Waals surface area contributed by atoms with E-state index < -0.39 is 52.9 Å². The Morgan fingerprint density at radius 1 is 0.403 bits per heavy atom. The van der Waals surface area contributed by atoms with Gasteiger partial charge in [-0.1, -0.05) is 78.9 Å². The molecular formula is C102H91BrN20O16. The second-order valence-corrected chi connectivity index (χ2v) is 32.1. The second kappa shape index (κ2) is 48.8. The standard InChI is InChI=1S/C22H25N5O4.C22H19N3O4.C21H23N5O4.C19H13N3O3.C18H11BrN4O/c1-14-12-26-18(13-25-14)20(28)27-17-11-16(10-15-6-5-7-23-19(15)17)30-9-8-24-21(29)31-22(2,3)4;1-27-18-11-14(12-19(28-2)21(18)29-3)10-16(13-23)22(26)25-17-8-4-6-15-7-5-9-24-20(15)17;1-21(2,3)30-20(28)25-9-10-29-15-11-14-5-4-6-24-18(14)16(12-15)26-19(27)17-13-22-7-8-23-17;20-11-14(9-12-6-7-16(23)17(24)10-12)19(25)22-15-5-1-3-13-4-2-8-21-18(13)15;19-16-8-2-6-14(22-16)10-13(11-20)18(24)23-15-7-1-4-12-5-3-9-21-17(12)15/h5-7,10-13H,8-9H2,1-4H3,(H,24,29)(H,27,28);4-12H,1-3H3,(H,25,26);4-8,11-13H,9-10H2,1-3H3,(H,25,28)(H,26,27);1-10,23-24H,(H,22,25);1-10H,(H,23,24)/b;16-10+;;14-9+;13-10+. The lowest BCUT2D eigenvalue weighted by Gasteiger charge is -2.19. The molecule has 15 aromatic rings. The van der Waals surface area contributed by atoms with Crippen LogP contribution in [0.25, 0.3) is 72.7 Å². The van der Waals surface area contributed by atoms with Crippen molar-refractivity contribution in [3.63, 3.8) is 0 Å². The number of halogens is 1. The molecule has 0 atom stereocenters. The highest BCUT2D eigenvalue weighted by Gasteiger charge is 2.23. The van der Waals surface area contributed by atoms with Gasteiger partial charge >= 0.3 is 12.2 Å². The first-order chi connectivity index (χ1) is 66.9. The number of anilines is 5. The maximum absolute atomic E-state index is 12.7. The largest absolute Gasteiger partial charge is 0.504 e. The van der Waals surface area contributed by atoms with Crippen molar-refractivity contribution in [3.05, 3.63) is 305 Å². The maximum Gasteiger partial charge on any atom is 0.407 e. The summed E-state index contributed by atoms with van der Waals surface area (Å²) >= 11 is 3.26. The lowest BCUT2D eigenvalue weighted by molar-refractivity contribution is -0.113. The number of phenolic OH excluding ortho intramolecular Hbond substituents is 2. The van der Waals surface area contributed by atoms with E-state index in [-0.39, 0.29) is 65.9 Å². The first kappa shape index (κ1) is 101. The van der Waals surface area contributed by atoms with Gasteiger partial charge in [-0.3, -0.25) is 58.9 Å². The number of ether oxygens (including phenoxy) is 7. The Morgan fingerprint density at radius 2 is 0.813 bits per heavy atom. The number of nitrogens with zero attached hydrogens (tertiary/aromatic N) is 13. The van der Waals surface area contributed by atoms with Gasteiger partial charge in [0.25, 0.3) is 29.5 Å². The van der Waals surface area contributed by atoms with Crippen molar-refractivity contribution < 1.29 is 76.9 Å². The van der Waals surface area contributed by atoms with Crippen LogP contribution in [-0.4, -0.2) is 161 Å². The van der Waals surface area contributed by atoms with Crippen LogP contribution in [0.2, 0.25) is 0 Å². The summed E-state index contributed by atoms with van der Waals surface area (Å²) in [6.07, 6.45) is 18.7. The van der Waals surface area contributed by atoms with Crippen molar-refractivity contribution in [1.29, 1.82) is 15.8 Å². The Labute approximate surface area is 805 Å². The summed E-state index contributed by atoms with van der Waals surface area (Å²) in [6.45, 7) is 13.5. The van der Waals surface area contributed by atoms with E-state index in [1.165, 1.54) is 88.7 Å². The third-order valence-electron chi connectivity index (χ3n) is 18.8. The van der Waals surface area contributed by atoms with Crippen molar-refractivity contribution in [3.8, 4) is 58.5 Å². The Bertz CT molecular complexity index is 7220. The van der Waals surface area contributed by atoms with E-state index in [0.29, 0.717) is 106 Å². The van der Waals surface area contributed by atoms with E-state index in [1.54, 1.807) is 164 Å². The molecule has 36 nitrogen and oxygen atoms in total. The number of phenols is 2. The summed E-state index contributed by atoms with van der Waals surface area (Å²) in [6, 6.07) is 60.0. The van der Waals surface area contributed by atoms with Crippen LogP contribution in [-0.2, 0) is 23.9 Å². The number of pyridine rings is 6. The van der Waals surface area contributed by atoms with Gasteiger partial charge in [0.05, 0.1) is 114 Å². The number of rotatable bonds is 24. The molecular weight excluding hydrogens is 1840 g/mol. The maximum atomic E-state index is 12.7. The summed E-state index contributed by atoms with van der Waals surface area (Å²) in [4.78, 5) is 128. The molecule has 0 saturated heterocycles. The fourth-order valence-corrected chi connectivity index (χ4v) is 13.0. The number of methoxy groups -OCH3 is 3. The second-order valence-electron chi connectivity index (χ2n) is 31.3. The molecule has 0 bridgehead atoms. The number of para-hydroxylation sites is 3. The zero-order valence-corrected chi connectivity index (χ0v) is 78.1. The molecule has 9 N–H and O–H groups in total. The third-order valence-corrected chi connectivity index (χ3v) is 19.3. The lowest BCUT2D eigenvalue weighted by Crippen LogP contribution is -2.34. The van der Waals surface area contributed by atoms with Gasteiger partial charge < -0.3 is 80.6 Å². The number of hydrogen-bond donors (Lipinski definition) is 9. The van der Waals surface area contributed by atoms with Crippen LogP contribution in [0.5, 0.6) is 40.2 Å². The average molecular weight is 1930 g/mol. The van der Waals surface area contributed by atoms with E-state index in [2.05, 4.69) is 103 Å². The number of aryl methyl sites for hydroxylation is 1. The van der Waals surface area contributed by atoms with Crippen molar-refractivity contribution in [2.45, 2.75) is 59.7 Å². The van der Waals surface area contributed by atoms with Crippen LogP contribution >= 0.6 is 15.9 Å². The number of aromatic nitrogens is 10. The predicted octanol–water partition coefficient (Wildman–Crippen LogP) is 17.6. The van der Waals surface area contributed by atoms with Gasteiger partial charge in [0, 0.05) is 88.6 Å². The minimum Gasteiger partial charge on any atom is -0.504 e. The molecule has 0 aliphatic rings. The fourth-order valence-electron chi connectivity index (χ4n) is 12.7. The molecule has 15 rings (SSSR count). The number of alkyl carbamates (subject to hydrolysis) is 2. The molecule has 0 saturated carbocycles. The number of aromatic hydroxyl groups is 2. The minimum atomic E-state index is -0.590. The highest BCUT2D eigenvalue weighted by atomic mass is 79.9. The van der Waals surface area contributed by atoms with Crippen molar-refractivity contribution in [2.75, 3.05) is 74.2 Å². The highest BCUT2D eigenvalue weighted by Crippen LogP contribution is 2.40. The fraction of sp³-hybridized carbons (Fsp3) is 0.157. The monoisotopic (exact) mass is 1930 g/mol. The molecule has 0 aliphatic heterocycles. The number of carbonyl (C=O) groups excluding carboxylic acids is 7. The van der Waals surface area contributed by atoms with Gasteiger partial charge in [-0.15, -0.1) is 0 Å². The Balaban J connectivity index is 0.000000167. The van der Waals surface area contributed by atoms with E-state index in [9.17, 15) is 59.6 Å². The Kier molecular flexibility index (Phi) is 35.5. The molecule has 8 heterocycles. The van der Waals surface area contributed by atoms with Crippen molar-refractivity contribution >= 4 is 159 Å². The summed E-state index contributed by atoms with van der Waals surface area (Å²) < 4.78 is 38.4. The van der Waals surface area contributed by atoms with E-state index in [4.69, 9.17) is 33.2 Å². The normalized spacial score (nSPS) is 11.0. The van der Waals surface area contributed by atoms with E-state index in [1.807, 2.05) is 103 Å². The van der Waals surface area contributed by atoms with Gasteiger partial charge in [-0.2, -0.15) is 15.8 Å². The van der Waals surface area contributed by atoms with Crippen LogP contribution in [0.4, 0.5) is 38.0 Å². The lowest BCUT2D eigenvalue weighted by atomic mass is 10.1. The van der Waals surface area contributed by atoms with Crippen LogP contribution < -0.4 is 60.9 Å². The molecule has 8 aromatic heterocycles. The van der Waals surface area contributed by atoms with Gasteiger partial charge in [0.2, 0.25) is 5.75 Å². The van der Waals surface area contributed by atoms with Gasteiger partial charge in [0.15, 0.2) is 23.0 Å². The third kappa shape index (κ3) is 29.8. The SMILES string of the molecule is CC(C)(C)OC(=O)NCCOc1cc(NC(=O)c2cnccn2)c2ncccc2c1.COc1cc(/C=C(\C#N)C(=O)Nc2cccc3cccnc23)cc(OC)c1OC.Cc1cnc(C(=O)Nc2cc(OCCNC(=O)OC(C)(C)C)cc3cccnc23)cn1.N#C/C(=C\c1ccc(O)c(O)c1)C(=O)Nc1cccc2cccnc12.N#C/C(=C\c1cccc(Br)n1)C(=O)Nc1cccc2cccnc12. The zero-order valence-electron chi connectivity index (χ0n) is 76.5. The molecule has 0 fully saturated rings.